The van der Waals surface area contributed by atoms with Gasteiger partial charge in [0.25, 0.3) is 5.91 Å². The molecule has 5 rings (SSSR count). The van der Waals surface area contributed by atoms with Crippen molar-refractivity contribution in [3.8, 4) is 0 Å². The van der Waals surface area contributed by atoms with Gasteiger partial charge in [-0.15, -0.1) is 0 Å². The number of carbonyl (C=O) groups excluding carboxylic acids is 1. The van der Waals surface area contributed by atoms with E-state index in [4.69, 9.17) is 16.0 Å². The van der Waals surface area contributed by atoms with Gasteiger partial charge in [-0.05, 0) is 58.0 Å². The molecule has 2 aromatic rings. The van der Waals surface area contributed by atoms with Crippen molar-refractivity contribution in [1.29, 1.82) is 0 Å². The maximum atomic E-state index is 12.9. The normalized spacial score (nSPS) is 21.9. The van der Waals surface area contributed by atoms with E-state index in [-0.39, 0.29) is 17.5 Å². The molecule has 1 saturated heterocycles. The molecular weight excluding hydrogens is 400 g/mol. The number of halogens is 1. The lowest BCUT2D eigenvalue weighted by Gasteiger charge is -2.44. The lowest BCUT2D eigenvalue weighted by molar-refractivity contribution is 0.0890. The van der Waals surface area contributed by atoms with E-state index in [0.29, 0.717) is 10.8 Å². The summed E-state index contributed by atoms with van der Waals surface area (Å²) in [6.45, 7) is 6.10. The van der Waals surface area contributed by atoms with Gasteiger partial charge in [0.2, 0.25) is 0 Å². The van der Waals surface area contributed by atoms with Gasteiger partial charge < -0.3 is 25.3 Å². The van der Waals surface area contributed by atoms with Crippen LogP contribution in [0.2, 0.25) is 5.02 Å². The van der Waals surface area contributed by atoms with Gasteiger partial charge in [0, 0.05) is 17.0 Å². The summed E-state index contributed by atoms with van der Waals surface area (Å²) in [7, 11) is 2.11. The molecule has 0 radical (unpaired) electrons. The van der Waals surface area contributed by atoms with Crippen LogP contribution >= 0.6 is 11.6 Å². The van der Waals surface area contributed by atoms with Gasteiger partial charge in [0.1, 0.15) is 5.58 Å². The molecule has 2 aliphatic heterocycles. The summed E-state index contributed by atoms with van der Waals surface area (Å²) in [6.07, 6.45) is 7.41. The molecule has 0 unspecified atom stereocenters. The number of anilines is 1. The molecule has 1 aromatic heterocycles. The number of nitrogens with one attached hydrogen (secondary N) is 3. The average Bonchev–Trinajstić information content (AvgIpc) is 3.14. The van der Waals surface area contributed by atoms with Crippen LogP contribution in [0.5, 0.6) is 0 Å². The number of fused-ring (bicyclic) bond motifs is 4. The quantitative estimate of drug-likeness (QED) is 0.654. The van der Waals surface area contributed by atoms with Crippen molar-refractivity contribution in [1.82, 2.24) is 15.5 Å². The molecule has 3 heterocycles. The molecule has 0 atom stereocenters. The molecule has 1 aliphatic carbocycles. The second kappa shape index (κ2) is 7.50. The molecule has 30 heavy (non-hydrogen) atoms. The van der Waals surface area contributed by atoms with Crippen LogP contribution in [0.25, 0.3) is 11.0 Å². The van der Waals surface area contributed by atoms with E-state index in [1.807, 2.05) is 12.1 Å². The molecule has 1 aromatic carbocycles. The molecule has 3 N–H and O–H groups in total. The number of piperidine rings is 1. The number of hydrogen-bond acceptors (Lipinski definition) is 5. The number of hydrogen-bond donors (Lipinski definition) is 3. The van der Waals surface area contributed by atoms with Gasteiger partial charge in [-0.2, -0.15) is 0 Å². The highest BCUT2D eigenvalue weighted by Crippen LogP contribution is 2.49. The van der Waals surface area contributed by atoms with E-state index in [9.17, 15) is 4.79 Å². The number of amides is 1. The van der Waals surface area contributed by atoms with E-state index in [1.54, 1.807) is 0 Å². The SMILES string of the molecule is C=C1Nc2c(Cl)cc3cc(C(=O)NC4CCN(C)CC4)oc3c2C2(CCCCC2)N1. The Balaban J connectivity index is 1.53. The molecule has 2 fully saturated rings. The summed E-state index contributed by atoms with van der Waals surface area (Å²) < 4.78 is 6.22. The first-order valence-corrected chi connectivity index (χ1v) is 11.3. The van der Waals surface area contributed by atoms with Crippen LogP contribution in [-0.4, -0.2) is 37.0 Å². The van der Waals surface area contributed by atoms with Crippen LogP contribution in [0.1, 0.15) is 61.1 Å². The van der Waals surface area contributed by atoms with Crippen LogP contribution < -0.4 is 16.0 Å². The number of rotatable bonds is 2. The number of likely N-dealkylation sites (tertiary alicyclic amines) is 1. The minimum atomic E-state index is -0.251. The number of nitrogens with zero attached hydrogens (tertiary/aromatic N) is 1. The molecule has 3 aliphatic rings. The highest BCUT2D eigenvalue weighted by atomic mass is 35.5. The predicted octanol–water partition coefficient (Wildman–Crippen LogP) is 4.56. The number of furan rings is 1. The fourth-order valence-corrected chi connectivity index (χ4v) is 5.57. The van der Waals surface area contributed by atoms with Crippen molar-refractivity contribution in [2.24, 2.45) is 0 Å². The summed E-state index contributed by atoms with van der Waals surface area (Å²) in [4.78, 5) is 15.2. The maximum Gasteiger partial charge on any atom is 0.287 e. The molecule has 1 amide bonds. The summed E-state index contributed by atoms with van der Waals surface area (Å²) in [5.41, 5.74) is 2.39. The Morgan fingerprint density at radius 3 is 2.73 bits per heavy atom. The van der Waals surface area contributed by atoms with E-state index in [0.717, 1.165) is 79.7 Å². The fourth-order valence-electron chi connectivity index (χ4n) is 5.31. The lowest BCUT2D eigenvalue weighted by Crippen LogP contribution is -2.48. The largest absolute Gasteiger partial charge is 0.450 e. The summed E-state index contributed by atoms with van der Waals surface area (Å²) in [5.74, 6) is 0.964. The van der Waals surface area contributed by atoms with Gasteiger partial charge in [0.15, 0.2) is 5.76 Å². The Morgan fingerprint density at radius 2 is 2.00 bits per heavy atom. The smallest absolute Gasteiger partial charge is 0.287 e. The van der Waals surface area contributed by atoms with Crippen LogP contribution in [0.4, 0.5) is 5.69 Å². The summed E-state index contributed by atoms with van der Waals surface area (Å²) in [6, 6.07) is 3.90. The maximum absolute atomic E-state index is 12.9. The highest BCUT2D eigenvalue weighted by molar-refractivity contribution is 6.34. The predicted molar refractivity (Wildman–Crippen MR) is 120 cm³/mol. The molecule has 1 saturated carbocycles. The second-order valence-electron chi connectivity index (χ2n) is 9.06. The van der Waals surface area contributed by atoms with Crippen LogP contribution in [0, 0.1) is 0 Å². The molecule has 7 heteroatoms. The van der Waals surface area contributed by atoms with Crippen molar-refractivity contribution in [2.75, 3.05) is 25.5 Å². The fraction of sp³-hybridized carbons (Fsp3) is 0.522. The Bertz CT molecular complexity index is 1000. The third kappa shape index (κ3) is 3.36. The van der Waals surface area contributed by atoms with Crippen LogP contribution in [0.3, 0.4) is 0 Å². The van der Waals surface area contributed by atoms with Gasteiger partial charge in [-0.25, -0.2) is 0 Å². The first-order valence-electron chi connectivity index (χ1n) is 11.0. The average molecular weight is 429 g/mol. The standard InChI is InChI=1S/C23H29ClN4O2/c1-14-25-20-17(24)12-15-13-18(22(29)26-16-6-10-28(2)11-7-16)30-21(15)19(20)23(27-14)8-4-3-5-9-23/h12-13,16,25,27H,1,3-11H2,2H3,(H,26,29). The third-order valence-corrected chi connectivity index (χ3v) is 7.19. The Morgan fingerprint density at radius 1 is 1.27 bits per heavy atom. The van der Waals surface area contributed by atoms with Crippen molar-refractivity contribution in [3.05, 3.63) is 40.9 Å². The number of benzene rings is 1. The highest BCUT2D eigenvalue weighted by Gasteiger charge is 2.42. The monoisotopic (exact) mass is 428 g/mol. The minimum Gasteiger partial charge on any atom is -0.450 e. The third-order valence-electron chi connectivity index (χ3n) is 6.89. The van der Waals surface area contributed by atoms with E-state index >= 15 is 0 Å². The van der Waals surface area contributed by atoms with Gasteiger partial charge in [0.05, 0.1) is 22.1 Å². The van der Waals surface area contributed by atoms with E-state index < -0.39 is 0 Å². The van der Waals surface area contributed by atoms with Crippen molar-refractivity contribution < 1.29 is 9.21 Å². The zero-order valence-electron chi connectivity index (χ0n) is 17.4. The van der Waals surface area contributed by atoms with Crippen LogP contribution in [0.15, 0.2) is 28.9 Å². The van der Waals surface area contributed by atoms with Gasteiger partial charge in [-0.3, -0.25) is 4.79 Å². The topological polar surface area (TPSA) is 69.5 Å². The Hall–Kier alpha value is -2.18. The Kier molecular flexibility index (Phi) is 4.94. The molecule has 1 spiro atoms. The Labute approximate surface area is 182 Å². The number of carbonyl (C=O) groups is 1. The van der Waals surface area contributed by atoms with Gasteiger partial charge >= 0.3 is 0 Å². The first-order chi connectivity index (χ1) is 14.4. The van der Waals surface area contributed by atoms with Crippen LogP contribution in [-0.2, 0) is 5.54 Å². The van der Waals surface area contributed by atoms with Gasteiger partial charge in [-0.1, -0.05) is 37.4 Å². The van der Waals surface area contributed by atoms with E-state index in [2.05, 4.69) is 34.5 Å². The minimum absolute atomic E-state index is 0.149. The molecule has 6 nitrogen and oxygen atoms in total. The second-order valence-corrected chi connectivity index (χ2v) is 9.47. The van der Waals surface area contributed by atoms with Crippen molar-refractivity contribution in [3.63, 3.8) is 0 Å². The molecule has 160 valence electrons. The first kappa shape index (κ1) is 19.8. The summed E-state index contributed by atoms with van der Waals surface area (Å²) in [5, 5.41) is 11.5. The van der Waals surface area contributed by atoms with Crippen molar-refractivity contribution >= 4 is 34.2 Å². The zero-order chi connectivity index (χ0) is 20.9. The molecular formula is C23H29ClN4O2. The zero-order valence-corrected chi connectivity index (χ0v) is 18.2. The van der Waals surface area contributed by atoms with Crippen molar-refractivity contribution in [2.45, 2.75) is 56.5 Å². The molecule has 0 bridgehead atoms. The summed E-state index contributed by atoms with van der Waals surface area (Å²) >= 11 is 6.67. The van der Waals surface area contributed by atoms with E-state index in [1.165, 1.54) is 6.42 Å². The lowest BCUT2D eigenvalue weighted by atomic mass is 9.74.